The Morgan fingerprint density at radius 3 is 0.800 bits per heavy atom. The average molecular weight is 660 g/mol. The van der Waals surface area contributed by atoms with E-state index in [1.807, 2.05) is 0 Å². The Bertz CT molecular complexity index is 440. The van der Waals surface area contributed by atoms with Gasteiger partial charge >= 0.3 is 19.5 Å². The maximum Gasteiger partial charge on any atom is 2.00 e. The van der Waals surface area contributed by atoms with Crippen molar-refractivity contribution in [2.24, 2.45) is 0 Å². The fourth-order valence-electron chi connectivity index (χ4n) is 2.90. The van der Waals surface area contributed by atoms with Crippen LogP contribution < -0.4 is 0 Å². The molecule has 0 aliphatic carbocycles. The average Bonchev–Trinajstić information content (AvgIpc) is 2.79. The predicted octanol–water partition coefficient (Wildman–Crippen LogP) is 9.90. The summed E-state index contributed by atoms with van der Waals surface area (Å²) in [4.78, 5) is 0. The molecule has 0 aliphatic rings. The zero-order valence-electron chi connectivity index (χ0n) is 23.0. The van der Waals surface area contributed by atoms with Crippen LogP contribution in [-0.4, -0.2) is 26.4 Å². The Hall–Kier alpha value is 2.46. The third-order valence-electron chi connectivity index (χ3n) is 4.99. The number of hydrogen-bond acceptors (Lipinski definition) is 8. The van der Waals surface area contributed by atoms with Crippen molar-refractivity contribution in [1.29, 1.82) is 0 Å². The SMILES string of the molecule is CCCCCCOP(=S)([S-])OCCCCCC.CCCCCCOP(=S)([S-])OCCCCCC.[Zn+2]. The summed E-state index contributed by atoms with van der Waals surface area (Å²) in [5.41, 5.74) is -4.75. The van der Waals surface area contributed by atoms with Crippen LogP contribution in [0.5, 0.6) is 0 Å². The minimum atomic E-state index is -2.37. The van der Waals surface area contributed by atoms with Gasteiger partial charge in [0.1, 0.15) is 0 Å². The van der Waals surface area contributed by atoms with Crippen LogP contribution in [0, 0.1) is 0 Å². The maximum absolute atomic E-state index is 5.50. The van der Waals surface area contributed by atoms with Crippen molar-refractivity contribution < 1.29 is 37.6 Å². The largest absolute Gasteiger partial charge is 2.00 e. The van der Waals surface area contributed by atoms with Gasteiger partial charge in [0.15, 0.2) is 0 Å². The van der Waals surface area contributed by atoms with Gasteiger partial charge in [-0.3, -0.25) is 0 Å². The standard InChI is InChI=1S/2C12H27O2PS2.Zn/c2*1-3-5-7-9-11-13-15(16,17)14-12-10-8-6-4-2;/h2*3-12H2,1-2H3,(H,16,17);/q;;+2/p-2. The maximum atomic E-state index is 5.50. The Morgan fingerprint density at radius 1 is 0.429 bits per heavy atom. The molecule has 0 N–H and O–H groups in total. The minimum absolute atomic E-state index is 0. The Morgan fingerprint density at radius 2 is 0.629 bits per heavy atom. The molecule has 0 saturated carbocycles. The summed E-state index contributed by atoms with van der Waals surface area (Å²) in [6.45, 7) is 11.4. The zero-order valence-corrected chi connectivity index (χ0v) is 31.0. The first-order valence-electron chi connectivity index (χ1n) is 13.4. The smallest absolute Gasteiger partial charge is 0.691 e. The van der Waals surface area contributed by atoms with Crippen LogP contribution in [-0.2, 0) is 85.7 Å². The molecular weight excluding hydrogens is 608 g/mol. The van der Waals surface area contributed by atoms with Gasteiger partial charge in [-0.15, -0.1) is 0 Å². The van der Waals surface area contributed by atoms with E-state index in [0.717, 1.165) is 25.7 Å². The summed E-state index contributed by atoms with van der Waals surface area (Å²) in [6, 6.07) is 0. The first-order chi connectivity index (χ1) is 16.2. The summed E-state index contributed by atoms with van der Waals surface area (Å²) in [5.74, 6) is 0. The summed E-state index contributed by atoms with van der Waals surface area (Å²) in [7, 11) is 0. The molecule has 4 nitrogen and oxygen atoms in total. The van der Waals surface area contributed by atoms with Crippen molar-refractivity contribution in [3.05, 3.63) is 0 Å². The summed E-state index contributed by atoms with van der Waals surface area (Å²) >= 11 is 20.7. The van der Waals surface area contributed by atoms with Crippen molar-refractivity contribution in [3.8, 4) is 0 Å². The summed E-state index contributed by atoms with van der Waals surface area (Å²) < 4.78 is 22.0. The van der Waals surface area contributed by atoms with E-state index in [-0.39, 0.29) is 19.5 Å². The van der Waals surface area contributed by atoms with Crippen molar-refractivity contribution in [2.75, 3.05) is 26.4 Å². The van der Waals surface area contributed by atoms with Crippen molar-refractivity contribution in [2.45, 2.75) is 130 Å². The topological polar surface area (TPSA) is 36.9 Å². The normalized spacial score (nSPS) is 11.6. The molecule has 0 saturated heterocycles. The first-order valence-corrected chi connectivity index (χ1v) is 20.7. The molecule has 0 fully saturated rings. The number of unbranched alkanes of at least 4 members (excludes halogenated alkanes) is 12. The van der Waals surface area contributed by atoms with Gasteiger partial charge < -0.3 is 42.6 Å². The van der Waals surface area contributed by atoms with E-state index < -0.39 is 11.4 Å². The Balaban J connectivity index is -0.000000569. The van der Waals surface area contributed by atoms with Crippen molar-refractivity contribution in [1.82, 2.24) is 0 Å². The van der Waals surface area contributed by atoms with Crippen molar-refractivity contribution >= 4 is 59.5 Å². The molecule has 0 rings (SSSR count). The molecule has 0 unspecified atom stereocenters. The molecule has 0 spiro atoms. The Labute approximate surface area is 252 Å². The molecule has 0 bridgehead atoms. The molecule has 0 aromatic carbocycles. The van der Waals surface area contributed by atoms with Crippen LogP contribution in [0.15, 0.2) is 0 Å². The van der Waals surface area contributed by atoms with Gasteiger partial charge in [-0.2, -0.15) is 0 Å². The van der Waals surface area contributed by atoms with Crippen LogP contribution in [0.2, 0.25) is 0 Å². The first kappa shape index (κ1) is 41.9. The van der Waals surface area contributed by atoms with Crippen LogP contribution in [0.3, 0.4) is 0 Å². The molecule has 35 heavy (non-hydrogen) atoms. The number of rotatable bonds is 24. The van der Waals surface area contributed by atoms with Gasteiger partial charge in [-0.25, -0.2) is 0 Å². The van der Waals surface area contributed by atoms with E-state index in [1.165, 1.54) is 77.0 Å². The molecule has 0 atom stereocenters. The summed E-state index contributed by atoms with van der Waals surface area (Å²) in [6.07, 6.45) is 18.9. The van der Waals surface area contributed by atoms with E-state index in [4.69, 9.17) is 66.2 Å². The van der Waals surface area contributed by atoms with Gasteiger partial charge in [0.2, 0.25) is 0 Å². The molecule has 0 aliphatic heterocycles. The second kappa shape index (κ2) is 31.0. The third-order valence-corrected chi connectivity index (χ3v) is 9.51. The quantitative estimate of drug-likeness (QED) is 0.0439. The van der Waals surface area contributed by atoms with Gasteiger partial charge in [0, 0.05) is 0 Å². The van der Waals surface area contributed by atoms with Gasteiger partial charge in [0.05, 0.1) is 37.8 Å². The van der Waals surface area contributed by atoms with E-state index in [9.17, 15) is 0 Å². The molecule has 0 aromatic heterocycles. The summed E-state index contributed by atoms with van der Waals surface area (Å²) in [5, 5.41) is 0. The van der Waals surface area contributed by atoms with E-state index in [0.29, 0.717) is 26.4 Å². The van der Waals surface area contributed by atoms with Crippen LogP contribution in [0.1, 0.15) is 130 Å². The van der Waals surface area contributed by atoms with Gasteiger partial charge in [-0.05, 0) is 25.7 Å². The number of hydrogen-bond donors (Lipinski definition) is 0. The van der Waals surface area contributed by atoms with Gasteiger partial charge in [-0.1, -0.05) is 128 Å². The van der Waals surface area contributed by atoms with Crippen LogP contribution >= 0.6 is 11.4 Å². The molecule has 0 radical (unpaired) electrons. The molecular formula is C24H52O4P2S4Zn. The van der Waals surface area contributed by atoms with Crippen molar-refractivity contribution in [3.63, 3.8) is 0 Å². The fraction of sp³-hybridized carbons (Fsp3) is 1.00. The molecule has 0 amide bonds. The van der Waals surface area contributed by atoms with Crippen LogP contribution in [0.4, 0.5) is 0 Å². The van der Waals surface area contributed by atoms with Gasteiger partial charge in [0.25, 0.3) is 0 Å². The monoisotopic (exact) mass is 658 g/mol. The fourth-order valence-corrected chi connectivity index (χ4v) is 6.24. The molecule has 208 valence electrons. The third kappa shape index (κ3) is 36.5. The minimum Gasteiger partial charge on any atom is -0.691 e. The second-order valence-corrected chi connectivity index (χ2v) is 18.4. The molecule has 0 heterocycles. The molecule has 0 aromatic rings. The van der Waals surface area contributed by atoms with E-state index in [2.05, 4.69) is 27.7 Å². The van der Waals surface area contributed by atoms with E-state index in [1.54, 1.807) is 0 Å². The second-order valence-electron chi connectivity index (χ2n) is 8.47. The predicted molar refractivity (Wildman–Crippen MR) is 164 cm³/mol. The van der Waals surface area contributed by atoms with E-state index >= 15 is 0 Å². The molecule has 11 heteroatoms. The Kier molecular flexibility index (Phi) is 37.1. The van der Waals surface area contributed by atoms with Crippen LogP contribution in [0.25, 0.3) is 0 Å². The zero-order chi connectivity index (χ0) is 26.0.